The summed E-state index contributed by atoms with van der Waals surface area (Å²) < 4.78 is 1.94. The van der Waals surface area contributed by atoms with E-state index in [1.807, 2.05) is 23.6 Å². The summed E-state index contributed by atoms with van der Waals surface area (Å²) in [6.07, 6.45) is 0.876. The van der Waals surface area contributed by atoms with Gasteiger partial charge in [0.2, 0.25) is 0 Å². The number of aromatic nitrogens is 2. The van der Waals surface area contributed by atoms with Gasteiger partial charge in [-0.3, -0.25) is 4.79 Å². The number of carboxylic acid groups (broad SMARTS) is 1. The Morgan fingerprint density at radius 2 is 2.21 bits per heavy atom. The molecule has 4 nitrogen and oxygen atoms in total. The standard InChI is InChI=1S/C15H18N2O2/c1-4-11-5-6-13-12(7-11)16-14(8-15(18)19)17(13)9-10(2)3/h5-7H,2,4,8-9H2,1,3H3,(H,18,19). The molecule has 0 aliphatic rings. The second kappa shape index (κ2) is 5.26. The highest BCUT2D eigenvalue weighted by atomic mass is 16.4. The monoisotopic (exact) mass is 258 g/mol. The number of nitrogens with zero attached hydrogens (tertiary/aromatic N) is 2. The van der Waals surface area contributed by atoms with Crippen LogP contribution in [0.4, 0.5) is 0 Å². The maximum atomic E-state index is 10.9. The van der Waals surface area contributed by atoms with Crippen molar-refractivity contribution in [2.24, 2.45) is 0 Å². The van der Waals surface area contributed by atoms with Gasteiger partial charge in [-0.25, -0.2) is 4.98 Å². The summed E-state index contributed by atoms with van der Waals surface area (Å²) in [5.41, 5.74) is 4.01. The fraction of sp³-hybridized carbons (Fsp3) is 0.333. The van der Waals surface area contributed by atoms with Gasteiger partial charge in [-0.05, 0) is 31.0 Å². The van der Waals surface area contributed by atoms with Gasteiger partial charge in [0.05, 0.1) is 11.0 Å². The maximum Gasteiger partial charge on any atom is 0.311 e. The van der Waals surface area contributed by atoms with Gasteiger partial charge in [-0.1, -0.05) is 25.1 Å². The first kappa shape index (κ1) is 13.3. The minimum atomic E-state index is -0.867. The van der Waals surface area contributed by atoms with Crippen LogP contribution < -0.4 is 0 Å². The number of aliphatic carboxylic acids is 1. The van der Waals surface area contributed by atoms with Gasteiger partial charge >= 0.3 is 5.97 Å². The third-order valence-electron chi connectivity index (χ3n) is 3.04. The molecule has 0 atom stereocenters. The fourth-order valence-corrected chi connectivity index (χ4v) is 2.16. The van der Waals surface area contributed by atoms with Crippen LogP contribution in [0.25, 0.3) is 11.0 Å². The lowest BCUT2D eigenvalue weighted by molar-refractivity contribution is -0.136. The largest absolute Gasteiger partial charge is 0.481 e. The van der Waals surface area contributed by atoms with E-state index in [4.69, 9.17) is 5.11 Å². The van der Waals surface area contributed by atoms with E-state index in [0.29, 0.717) is 12.4 Å². The van der Waals surface area contributed by atoms with E-state index in [9.17, 15) is 4.79 Å². The molecule has 0 saturated carbocycles. The number of benzene rings is 1. The van der Waals surface area contributed by atoms with Crippen molar-refractivity contribution in [1.29, 1.82) is 0 Å². The van der Waals surface area contributed by atoms with Crippen molar-refractivity contribution in [3.05, 3.63) is 41.7 Å². The van der Waals surface area contributed by atoms with Crippen LogP contribution in [0.15, 0.2) is 30.4 Å². The van der Waals surface area contributed by atoms with Crippen LogP contribution in [0.5, 0.6) is 0 Å². The van der Waals surface area contributed by atoms with Crippen LogP contribution in [0.3, 0.4) is 0 Å². The SMILES string of the molecule is C=C(C)Cn1c(CC(=O)O)nc2cc(CC)ccc21. The number of hydrogen-bond acceptors (Lipinski definition) is 2. The van der Waals surface area contributed by atoms with E-state index >= 15 is 0 Å². The molecule has 0 saturated heterocycles. The highest BCUT2D eigenvalue weighted by Crippen LogP contribution is 2.20. The van der Waals surface area contributed by atoms with E-state index in [2.05, 4.69) is 24.6 Å². The van der Waals surface area contributed by atoms with Gasteiger partial charge in [0.1, 0.15) is 12.2 Å². The second-order valence-corrected chi connectivity index (χ2v) is 4.82. The van der Waals surface area contributed by atoms with E-state index in [1.165, 1.54) is 5.56 Å². The van der Waals surface area contributed by atoms with Crippen LogP contribution in [0.2, 0.25) is 0 Å². The molecule has 0 fully saturated rings. The van der Waals surface area contributed by atoms with E-state index < -0.39 is 5.97 Å². The number of fused-ring (bicyclic) bond motifs is 1. The highest BCUT2D eigenvalue weighted by molar-refractivity contribution is 5.79. The summed E-state index contributed by atoms with van der Waals surface area (Å²) >= 11 is 0. The molecule has 2 rings (SSSR count). The lowest BCUT2D eigenvalue weighted by atomic mass is 10.1. The van der Waals surface area contributed by atoms with Gasteiger partial charge in [0.15, 0.2) is 0 Å². The first-order valence-corrected chi connectivity index (χ1v) is 6.35. The minimum Gasteiger partial charge on any atom is -0.481 e. The Morgan fingerprint density at radius 3 is 2.79 bits per heavy atom. The van der Waals surface area contributed by atoms with Crippen LogP contribution in [-0.4, -0.2) is 20.6 Å². The second-order valence-electron chi connectivity index (χ2n) is 4.82. The van der Waals surface area contributed by atoms with Crippen LogP contribution in [0, 0.1) is 0 Å². The van der Waals surface area contributed by atoms with E-state index in [-0.39, 0.29) is 6.42 Å². The molecular weight excluding hydrogens is 240 g/mol. The molecular formula is C15H18N2O2. The number of hydrogen-bond donors (Lipinski definition) is 1. The Bertz CT molecular complexity index is 641. The Morgan fingerprint density at radius 1 is 1.47 bits per heavy atom. The molecule has 0 aliphatic carbocycles. The van der Waals surface area contributed by atoms with Crippen LogP contribution in [-0.2, 0) is 24.2 Å². The summed E-state index contributed by atoms with van der Waals surface area (Å²) in [5.74, 6) is -0.285. The molecule has 0 amide bonds. The predicted octanol–water partition coefficient (Wildman–Crippen LogP) is 2.80. The third kappa shape index (κ3) is 2.84. The predicted molar refractivity (Wildman–Crippen MR) is 75.3 cm³/mol. The normalized spacial score (nSPS) is 10.8. The maximum absolute atomic E-state index is 10.9. The van der Waals surface area contributed by atoms with Crippen molar-refractivity contribution in [3.63, 3.8) is 0 Å². The zero-order valence-electron chi connectivity index (χ0n) is 11.3. The number of carboxylic acids is 1. The molecule has 0 unspecified atom stereocenters. The minimum absolute atomic E-state index is 0.0661. The van der Waals surface area contributed by atoms with Crippen molar-refractivity contribution < 1.29 is 9.90 Å². The Balaban J connectivity index is 2.57. The number of aryl methyl sites for hydroxylation is 1. The quantitative estimate of drug-likeness (QED) is 0.839. The van der Waals surface area contributed by atoms with Crippen LogP contribution >= 0.6 is 0 Å². The van der Waals surface area contributed by atoms with E-state index in [0.717, 1.165) is 23.0 Å². The molecule has 0 bridgehead atoms. The third-order valence-corrected chi connectivity index (χ3v) is 3.04. The van der Waals surface area contributed by atoms with E-state index in [1.54, 1.807) is 0 Å². The smallest absolute Gasteiger partial charge is 0.311 e. The van der Waals surface area contributed by atoms with Gasteiger partial charge in [-0.2, -0.15) is 0 Å². The first-order chi connectivity index (χ1) is 9.01. The van der Waals surface area contributed by atoms with Gasteiger partial charge in [-0.15, -0.1) is 0 Å². The Labute approximate surface area is 112 Å². The van der Waals surface area contributed by atoms with Gasteiger partial charge < -0.3 is 9.67 Å². The fourth-order valence-electron chi connectivity index (χ4n) is 2.16. The van der Waals surface area contributed by atoms with Crippen molar-refractivity contribution in [3.8, 4) is 0 Å². The molecule has 100 valence electrons. The van der Waals surface area contributed by atoms with Crippen molar-refractivity contribution in [2.45, 2.75) is 33.2 Å². The number of imidazole rings is 1. The molecule has 1 N–H and O–H groups in total. The molecule has 1 aromatic carbocycles. The lowest BCUT2D eigenvalue weighted by Gasteiger charge is -2.07. The number of rotatable bonds is 5. The molecule has 19 heavy (non-hydrogen) atoms. The Hall–Kier alpha value is -2.10. The highest BCUT2D eigenvalue weighted by Gasteiger charge is 2.13. The summed E-state index contributed by atoms with van der Waals surface area (Å²) in [6, 6.07) is 6.09. The van der Waals surface area contributed by atoms with Crippen LogP contribution in [0.1, 0.15) is 25.2 Å². The average molecular weight is 258 g/mol. The lowest BCUT2D eigenvalue weighted by Crippen LogP contribution is -2.09. The van der Waals surface area contributed by atoms with Crippen molar-refractivity contribution >= 4 is 17.0 Å². The van der Waals surface area contributed by atoms with Gasteiger partial charge in [0, 0.05) is 6.54 Å². The molecule has 0 radical (unpaired) electrons. The topological polar surface area (TPSA) is 55.1 Å². The van der Waals surface area contributed by atoms with Gasteiger partial charge in [0.25, 0.3) is 0 Å². The zero-order chi connectivity index (χ0) is 14.0. The van der Waals surface area contributed by atoms with Crippen molar-refractivity contribution in [1.82, 2.24) is 9.55 Å². The molecule has 0 spiro atoms. The number of allylic oxidation sites excluding steroid dienone is 1. The molecule has 4 heteroatoms. The Kier molecular flexibility index (Phi) is 3.69. The number of carbonyl (C=O) groups is 1. The summed E-state index contributed by atoms with van der Waals surface area (Å²) in [6.45, 7) is 8.51. The summed E-state index contributed by atoms with van der Waals surface area (Å²) in [5, 5.41) is 8.98. The average Bonchev–Trinajstić information content (AvgIpc) is 2.65. The zero-order valence-corrected chi connectivity index (χ0v) is 11.3. The molecule has 0 aliphatic heterocycles. The summed E-state index contributed by atoms with van der Waals surface area (Å²) in [7, 11) is 0. The molecule has 1 aromatic heterocycles. The van der Waals surface area contributed by atoms with Crippen molar-refractivity contribution in [2.75, 3.05) is 0 Å². The first-order valence-electron chi connectivity index (χ1n) is 6.35. The molecule has 1 heterocycles. The summed E-state index contributed by atoms with van der Waals surface area (Å²) in [4.78, 5) is 15.4. The molecule has 2 aromatic rings.